The quantitative estimate of drug-likeness (QED) is 0.668. The Morgan fingerprint density at radius 1 is 1.29 bits per heavy atom. The summed E-state index contributed by atoms with van der Waals surface area (Å²) in [4.78, 5) is 12.3. The minimum atomic E-state index is -4.52. The maximum absolute atomic E-state index is 12.2. The van der Waals surface area contributed by atoms with Gasteiger partial charge in [-0.2, -0.15) is 18.2 Å². The van der Waals surface area contributed by atoms with Crippen LogP contribution in [0.1, 0.15) is 5.82 Å². The predicted molar refractivity (Wildman–Crippen MR) is 41.1 cm³/mol. The van der Waals surface area contributed by atoms with Gasteiger partial charge in [0.2, 0.25) is 11.8 Å². The van der Waals surface area contributed by atoms with Crippen LogP contribution in [-0.2, 0) is 6.18 Å². The monoisotopic (exact) mass is 203 g/mol. The number of rotatable bonds is 0. The standard InChI is InChI=1S/C6H4F3N5/c7-6(8,9)4-12-2-1-11-5(10)14-3(2)13-4/h1H,(H3,10,11,12,13,14). The molecule has 0 aliphatic carbocycles. The Hall–Kier alpha value is -1.86. The molecule has 0 atom stereocenters. The van der Waals surface area contributed by atoms with Gasteiger partial charge in [0.05, 0.1) is 6.20 Å². The van der Waals surface area contributed by atoms with Gasteiger partial charge in [-0.1, -0.05) is 0 Å². The second-order valence-electron chi connectivity index (χ2n) is 2.55. The molecule has 74 valence electrons. The number of halogens is 3. The molecule has 8 heteroatoms. The Balaban J connectivity index is 2.63. The summed E-state index contributed by atoms with van der Waals surface area (Å²) in [5, 5.41) is 0. The lowest BCUT2D eigenvalue weighted by atomic mass is 10.6. The van der Waals surface area contributed by atoms with Crippen molar-refractivity contribution < 1.29 is 13.2 Å². The van der Waals surface area contributed by atoms with Gasteiger partial charge in [-0.3, -0.25) is 0 Å². The van der Waals surface area contributed by atoms with E-state index in [4.69, 9.17) is 5.73 Å². The van der Waals surface area contributed by atoms with E-state index in [1.54, 1.807) is 0 Å². The van der Waals surface area contributed by atoms with Crippen molar-refractivity contribution in [2.24, 2.45) is 0 Å². The van der Waals surface area contributed by atoms with E-state index in [9.17, 15) is 13.2 Å². The van der Waals surface area contributed by atoms with Crippen molar-refractivity contribution in [2.45, 2.75) is 6.18 Å². The smallest absolute Gasteiger partial charge is 0.368 e. The highest BCUT2D eigenvalue weighted by molar-refractivity contribution is 5.70. The molecule has 0 aliphatic heterocycles. The maximum atomic E-state index is 12.2. The molecule has 5 nitrogen and oxygen atoms in total. The summed E-state index contributed by atoms with van der Waals surface area (Å²) in [5.74, 6) is -1.22. The molecule has 0 bridgehead atoms. The first-order valence-corrected chi connectivity index (χ1v) is 3.52. The second kappa shape index (κ2) is 2.56. The summed E-state index contributed by atoms with van der Waals surface area (Å²) in [6.07, 6.45) is -3.37. The average Bonchev–Trinajstić information content (AvgIpc) is 2.45. The van der Waals surface area contributed by atoms with Crippen molar-refractivity contribution in [3.05, 3.63) is 12.0 Å². The fraction of sp³-hybridized carbons (Fsp3) is 0.167. The van der Waals surface area contributed by atoms with Crippen LogP contribution in [0, 0.1) is 0 Å². The molecule has 0 aromatic carbocycles. The van der Waals surface area contributed by atoms with Crippen LogP contribution in [0.15, 0.2) is 6.20 Å². The van der Waals surface area contributed by atoms with Gasteiger partial charge in [-0.15, -0.1) is 0 Å². The summed E-state index contributed by atoms with van der Waals surface area (Å²) in [6, 6.07) is 0. The minimum Gasteiger partial charge on any atom is -0.368 e. The molecule has 0 aliphatic rings. The van der Waals surface area contributed by atoms with Crippen LogP contribution in [0.4, 0.5) is 19.1 Å². The molecule has 2 rings (SSSR count). The van der Waals surface area contributed by atoms with Crippen LogP contribution in [0.2, 0.25) is 0 Å². The topological polar surface area (TPSA) is 80.5 Å². The van der Waals surface area contributed by atoms with Gasteiger partial charge in [-0.25, -0.2) is 9.97 Å². The number of nitrogens with one attached hydrogen (secondary N) is 1. The van der Waals surface area contributed by atoms with E-state index in [1.165, 1.54) is 0 Å². The zero-order chi connectivity index (χ0) is 10.3. The van der Waals surface area contributed by atoms with Crippen LogP contribution in [0.5, 0.6) is 0 Å². The van der Waals surface area contributed by atoms with Crippen molar-refractivity contribution in [1.29, 1.82) is 0 Å². The van der Waals surface area contributed by atoms with Crippen molar-refractivity contribution in [3.63, 3.8) is 0 Å². The SMILES string of the molecule is Nc1ncc2[nH]c(C(F)(F)F)nc2n1. The number of anilines is 1. The molecular formula is C6H4F3N5. The summed E-state index contributed by atoms with van der Waals surface area (Å²) >= 11 is 0. The molecule has 3 N–H and O–H groups in total. The zero-order valence-corrected chi connectivity index (χ0v) is 6.63. The van der Waals surface area contributed by atoms with Crippen LogP contribution in [-0.4, -0.2) is 19.9 Å². The van der Waals surface area contributed by atoms with E-state index in [0.717, 1.165) is 6.20 Å². The Labute approximate surface area is 75.2 Å². The van der Waals surface area contributed by atoms with E-state index in [2.05, 4.69) is 15.0 Å². The van der Waals surface area contributed by atoms with E-state index in [0.29, 0.717) is 0 Å². The van der Waals surface area contributed by atoms with Gasteiger partial charge in [0.1, 0.15) is 5.52 Å². The summed E-state index contributed by atoms with van der Waals surface area (Å²) in [6.45, 7) is 0. The normalized spacial score (nSPS) is 12.2. The number of H-pyrrole nitrogens is 1. The number of alkyl halides is 3. The van der Waals surface area contributed by atoms with Crippen LogP contribution in [0.25, 0.3) is 11.2 Å². The first-order valence-electron chi connectivity index (χ1n) is 3.52. The third kappa shape index (κ3) is 1.34. The summed E-state index contributed by atoms with van der Waals surface area (Å²) in [7, 11) is 0. The molecule has 0 amide bonds. The fourth-order valence-corrected chi connectivity index (χ4v) is 0.955. The Morgan fingerprint density at radius 2 is 2.00 bits per heavy atom. The highest BCUT2D eigenvalue weighted by atomic mass is 19.4. The first-order chi connectivity index (χ1) is 6.47. The number of hydrogen-bond acceptors (Lipinski definition) is 4. The zero-order valence-electron chi connectivity index (χ0n) is 6.63. The number of fused-ring (bicyclic) bond motifs is 1. The lowest BCUT2D eigenvalue weighted by Crippen LogP contribution is -2.06. The molecule has 0 radical (unpaired) electrons. The maximum Gasteiger partial charge on any atom is 0.449 e. The molecule has 2 aromatic rings. The molecule has 2 heterocycles. The predicted octanol–water partition coefficient (Wildman–Crippen LogP) is 0.954. The van der Waals surface area contributed by atoms with Crippen LogP contribution in [0.3, 0.4) is 0 Å². The van der Waals surface area contributed by atoms with E-state index < -0.39 is 12.0 Å². The number of nitrogens with zero attached hydrogens (tertiary/aromatic N) is 3. The summed E-state index contributed by atoms with van der Waals surface area (Å²) in [5.41, 5.74) is 5.20. The molecule has 0 fully saturated rings. The Morgan fingerprint density at radius 3 is 2.64 bits per heavy atom. The highest BCUT2D eigenvalue weighted by Gasteiger charge is 2.35. The largest absolute Gasteiger partial charge is 0.449 e. The molecule has 14 heavy (non-hydrogen) atoms. The fourth-order valence-electron chi connectivity index (χ4n) is 0.955. The number of imidazole rings is 1. The van der Waals surface area contributed by atoms with Crippen molar-refractivity contribution in [1.82, 2.24) is 19.9 Å². The molecule has 2 aromatic heterocycles. The van der Waals surface area contributed by atoms with E-state index in [1.807, 2.05) is 4.98 Å². The van der Waals surface area contributed by atoms with Crippen LogP contribution >= 0.6 is 0 Å². The lowest BCUT2D eigenvalue weighted by molar-refractivity contribution is -0.144. The Bertz CT molecular complexity index is 474. The number of aromatic amines is 1. The third-order valence-electron chi connectivity index (χ3n) is 1.53. The van der Waals surface area contributed by atoms with Gasteiger partial charge in [-0.05, 0) is 0 Å². The number of hydrogen-bond donors (Lipinski definition) is 2. The van der Waals surface area contributed by atoms with Gasteiger partial charge >= 0.3 is 6.18 Å². The average molecular weight is 203 g/mol. The number of aromatic nitrogens is 4. The second-order valence-corrected chi connectivity index (χ2v) is 2.55. The lowest BCUT2D eigenvalue weighted by Gasteiger charge is -1.98. The Kier molecular flexibility index (Phi) is 1.60. The molecule has 0 spiro atoms. The number of nitrogen functional groups attached to an aromatic ring is 1. The molecule has 0 saturated carbocycles. The van der Waals surface area contributed by atoms with Gasteiger partial charge < -0.3 is 10.7 Å². The third-order valence-corrected chi connectivity index (χ3v) is 1.53. The number of nitrogens with two attached hydrogens (primary N) is 1. The molecule has 0 unspecified atom stereocenters. The van der Waals surface area contributed by atoms with Crippen LogP contribution < -0.4 is 5.73 Å². The van der Waals surface area contributed by atoms with Gasteiger partial charge in [0, 0.05) is 0 Å². The van der Waals surface area contributed by atoms with E-state index in [-0.39, 0.29) is 17.1 Å². The first kappa shape index (κ1) is 8.73. The van der Waals surface area contributed by atoms with E-state index >= 15 is 0 Å². The van der Waals surface area contributed by atoms with Crippen molar-refractivity contribution >= 4 is 17.1 Å². The van der Waals surface area contributed by atoms with Crippen molar-refractivity contribution in [3.8, 4) is 0 Å². The molecular weight excluding hydrogens is 199 g/mol. The highest BCUT2D eigenvalue weighted by Crippen LogP contribution is 2.27. The molecule has 0 saturated heterocycles. The van der Waals surface area contributed by atoms with Crippen molar-refractivity contribution in [2.75, 3.05) is 5.73 Å². The van der Waals surface area contributed by atoms with Gasteiger partial charge in [0.15, 0.2) is 5.65 Å². The van der Waals surface area contributed by atoms with Gasteiger partial charge in [0.25, 0.3) is 0 Å². The minimum absolute atomic E-state index is 0.0928. The summed E-state index contributed by atoms with van der Waals surface area (Å²) < 4.78 is 36.5.